The standard InChI is InChI=1S/C18H29N5O2/c1-5-10-23-14(12-22-11-8-7-9-13(22)6-2)19-16-15(23)17(24)21(4)18(25)20(16)3/h13H,5-12H2,1-4H3/p+1/t13-/m1/s1. The second-order valence-corrected chi connectivity index (χ2v) is 7.24. The lowest BCUT2D eigenvalue weighted by Gasteiger charge is -2.31. The Hall–Kier alpha value is -1.89. The van der Waals surface area contributed by atoms with Crippen molar-refractivity contribution in [1.29, 1.82) is 0 Å². The van der Waals surface area contributed by atoms with Crippen molar-refractivity contribution in [3.05, 3.63) is 26.7 Å². The summed E-state index contributed by atoms with van der Waals surface area (Å²) in [7, 11) is 3.23. The summed E-state index contributed by atoms with van der Waals surface area (Å²) in [6, 6.07) is 0.662. The third-order valence-corrected chi connectivity index (χ3v) is 5.63. The molecule has 2 aromatic heterocycles. The SMILES string of the molecule is CCCn1c(C[NH+]2CCCC[C@H]2CC)nc2c1c(=O)n(C)c(=O)n2C. The van der Waals surface area contributed by atoms with Gasteiger partial charge in [0, 0.05) is 20.6 Å². The van der Waals surface area contributed by atoms with Crippen molar-refractivity contribution >= 4 is 11.2 Å². The average Bonchev–Trinajstić information content (AvgIpc) is 2.97. The molecule has 138 valence electrons. The largest absolute Gasteiger partial charge is 0.332 e. The Balaban J connectivity index is 2.13. The zero-order valence-electron chi connectivity index (χ0n) is 15.8. The predicted molar refractivity (Wildman–Crippen MR) is 98.0 cm³/mol. The van der Waals surface area contributed by atoms with Gasteiger partial charge in [0.1, 0.15) is 6.54 Å². The van der Waals surface area contributed by atoms with E-state index in [-0.39, 0.29) is 11.2 Å². The van der Waals surface area contributed by atoms with E-state index in [0.29, 0.717) is 17.2 Å². The zero-order chi connectivity index (χ0) is 18.1. The molecule has 7 heteroatoms. The van der Waals surface area contributed by atoms with Gasteiger partial charge in [-0.1, -0.05) is 13.8 Å². The molecule has 1 unspecified atom stereocenters. The van der Waals surface area contributed by atoms with Crippen LogP contribution in [-0.2, 0) is 27.2 Å². The fourth-order valence-electron chi connectivity index (χ4n) is 4.17. The highest BCUT2D eigenvalue weighted by molar-refractivity contribution is 5.71. The number of aromatic nitrogens is 4. The van der Waals surface area contributed by atoms with Crippen molar-refractivity contribution in [2.24, 2.45) is 14.1 Å². The first kappa shape index (κ1) is 17.9. The number of hydrogen-bond donors (Lipinski definition) is 1. The molecule has 1 aliphatic heterocycles. The summed E-state index contributed by atoms with van der Waals surface area (Å²) in [5, 5.41) is 0. The van der Waals surface area contributed by atoms with Crippen LogP contribution in [0, 0.1) is 0 Å². The van der Waals surface area contributed by atoms with E-state index in [1.807, 2.05) is 4.57 Å². The van der Waals surface area contributed by atoms with E-state index in [0.717, 1.165) is 31.9 Å². The molecule has 0 aromatic carbocycles. The molecule has 3 heterocycles. The fraction of sp³-hybridized carbons (Fsp3) is 0.722. The van der Waals surface area contributed by atoms with Gasteiger partial charge in [0.15, 0.2) is 17.0 Å². The second kappa shape index (κ2) is 7.15. The predicted octanol–water partition coefficient (Wildman–Crippen LogP) is 0.191. The van der Waals surface area contributed by atoms with Crippen molar-refractivity contribution in [3.63, 3.8) is 0 Å². The molecule has 3 rings (SSSR count). The van der Waals surface area contributed by atoms with Crippen LogP contribution in [0.4, 0.5) is 0 Å². The Bertz CT molecular complexity index is 876. The number of nitrogens with zero attached hydrogens (tertiary/aromatic N) is 4. The van der Waals surface area contributed by atoms with Gasteiger partial charge in [-0.15, -0.1) is 0 Å². The Morgan fingerprint density at radius 2 is 1.92 bits per heavy atom. The maximum absolute atomic E-state index is 12.7. The number of imidazole rings is 1. The molecule has 1 saturated heterocycles. The molecule has 1 N–H and O–H groups in total. The normalized spacial score (nSPS) is 21.1. The van der Waals surface area contributed by atoms with Gasteiger partial charge < -0.3 is 9.47 Å². The lowest BCUT2D eigenvalue weighted by atomic mass is 10.0. The van der Waals surface area contributed by atoms with Crippen LogP contribution in [0.25, 0.3) is 11.2 Å². The molecule has 2 aromatic rings. The number of fused-ring (bicyclic) bond motifs is 1. The summed E-state index contributed by atoms with van der Waals surface area (Å²) in [4.78, 5) is 31.3. The lowest BCUT2D eigenvalue weighted by Crippen LogP contribution is -3.15. The topological polar surface area (TPSA) is 66.3 Å². The van der Waals surface area contributed by atoms with Crippen molar-refractivity contribution in [3.8, 4) is 0 Å². The van der Waals surface area contributed by atoms with Crippen LogP contribution >= 0.6 is 0 Å². The Kier molecular flexibility index (Phi) is 5.13. The lowest BCUT2D eigenvalue weighted by molar-refractivity contribution is -0.944. The van der Waals surface area contributed by atoms with Crippen LogP contribution in [0.2, 0.25) is 0 Å². The van der Waals surface area contributed by atoms with Gasteiger partial charge in [0.2, 0.25) is 0 Å². The van der Waals surface area contributed by atoms with E-state index < -0.39 is 0 Å². The third kappa shape index (κ3) is 3.05. The second-order valence-electron chi connectivity index (χ2n) is 7.24. The highest BCUT2D eigenvalue weighted by Crippen LogP contribution is 2.13. The Morgan fingerprint density at radius 3 is 2.60 bits per heavy atom. The molecule has 0 radical (unpaired) electrons. The van der Waals surface area contributed by atoms with Crippen molar-refractivity contribution in [2.75, 3.05) is 6.54 Å². The van der Waals surface area contributed by atoms with Crippen LogP contribution in [0.3, 0.4) is 0 Å². The molecule has 0 saturated carbocycles. The van der Waals surface area contributed by atoms with E-state index in [1.54, 1.807) is 11.9 Å². The van der Waals surface area contributed by atoms with Gasteiger partial charge in [-0.25, -0.2) is 9.78 Å². The molecule has 0 amide bonds. The fourth-order valence-corrected chi connectivity index (χ4v) is 4.17. The van der Waals surface area contributed by atoms with Crippen molar-refractivity contribution in [1.82, 2.24) is 18.7 Å². The van der Waals surface area contributed by atoms with Crippen LogP contribution < -0.4 is 16.1 Å². The van der Waals surface area contributed by atoms with Crippen LogP contribution in [-0.4, -0.2) is 31.3 Å². The molecular weight excluding hydrogens is 318 g/mol. The summed E-state index contributed by atoms with van der Waals surface area (Å²) in [6.07, 6.45) is 5.92. The minimum Gasteiger partial charge on any atom is -0.326 e. The number of piperidine rings is 1. The molecule has 7 nitrogen and oxygen atoms in total. The average molecular weight is 348 g/mol. The first-order valence-electron chi connectivity index (χ1n) is 9.49. The number of hydrogen-bond acceptors (Lipinski definition) is 3. The van der Waals surface area contributed by atoms with Gasteiger partial charge in [0.05, 0.1) is 12.6 Å². The maximum Gasteiger partial charge on any atom is 0.332 e. The van der Waals surface area contributed by atoms with Crippen LogP contribution in [0.15, 0.2) is 9.59 Å². The molecule has 25 heavy (non-hydrogen) atoms. The third-order valence-electron chi connectivity index (χ3n) is 5.63. The molecular formula is C18H30N5O2+. The van der Waals surface area contributed by atoms with Gasteiger partial charge in [-0.05, 0) is 32.1 Å². The monoisotopic (exact) mass is 348 g/mol. The molecule has 1 fully saturated rings. The summed E-state index contributed by atoms with van der Waals surface area (Å²) >= 11 is 0. The van der Waals surface area contributed by atoms with Crippen molar-refractivity contribution in [2.45, 2.75) is 65.1 Å². The van der Waals surface area contributed by atoms with Gasteiger partial charge in [-0.3, -0.25) is 13.9 Å². The first-order chi connectivity index (χ1) is 12.0. The van der Waals surface area contributed by atoms with Crippen LogP contribution in [0.1, 0.15) is 51.8 Å². The smallest absolute Gasteiger partial charge is 0.326 e. The van der Waals surface area contributed by atoms with E-state index in [4.69, 9.17) is 4.98 Å². The summed E-state index contributed by atoms with van der Waals surface area (Å²) in [5.74, 6) is 0.936. The van der Waals surface area contributed by atoms with E-state index >= 15 is 0 Å². The van der Waals surface area contributed by atoms with Gasteiger partial charge >= 0.3 is 5.69 Å². The van der Waals surface area contributed by atoms with Crippen LogP contribution in [0.5, 0.6) is 0 Å². The summed E-state index contributed by atoms with van der Waals surface area (Å²) < 4.78 is 4.73. The minimum atomic E-state index is -0.318. The Labute approximate surface area is 147 Å². The maximum atomic E-state index is 12.7. The van der Waals surface area contributed by atoms with Gasteiger partial charge in [0.25, 0.3) is 5.56 Å². The zero-order valence-corrected chi connectivity index (χ0v) is 15.8. The number of rotatable bonds is 5. The van der Waals surface area contributed by atoms with Gasteiger partial charge in [-0.2, -0.15) is 0 Å². The molecule has 2 atom stereocenters. The number of aryl methyl sites for hydroxylation is 2. The molecule has 0 bridgehead atoms. The Morgan fingerprint density at radius 1 is 1.16 bits per heavy atom. The number of quaternary nitrogens is 1. The minimum absolute atomic E-state index is 0.244. The summed E-state index contributed by atoms with van der Waals surface area (Å²) in [5.41, 5.74) is 0.514. The molecule has 1 aliphatic rings. The first-order valence-corrected chi connectivity index (χ1v) is 9.49. The number of likely N-dealkylation sites (tertiary alicyclic amines) is 1. The molecule has 0 spiro atoms. The quantitative estimate of drug-likeness (QED) is 0.839. The van der Waals surface area contributed by atoms with E-state index in [9.17, 15) is 9.59 Å². The number of nitrogens with one attached hydrogen (secondary N) is 1. The summed E-state index contributed by atoms with van der Waals surface area (Å²) in [6.45, 7) is 7.09. The van der Waals surface area contributed by atoms with E-state index in [1.165, 1.54) is 41.9 Å². The molecule has 0 aliphatic carbocycles. The highest BCUT2D eigenvalue weighted by Gasteiger charge is 2.28. The highest BCUT2D eigenvalue weighted by atomic mass is 16.2. The van der Waals surface area contributed by atoms with E-state index in [2.05, 4.69) is 13.8 Å². The van der Waals surface area contributed by atoms with Crippen molar-refractivity contribution < 1.29 is 4.90 Å².